The van der Waals surface area contributed by atoms with Crippen LogP contribution in [-0.4, -0.2) is 12.0 Å². The summed E-state index contributed by atoms with van der Waals surface area (Å²) in [4.78, 5) is 11.5. The summed E-state index contributed by atoms with van der Waals surface area (Å²) < 4.78 is 35.9. The number of rotatable bonds is 4. The van der Waals surface area contributed by atoms with Gasteiger partial charge in [0.1, 0.15) is 5.78 Å². The van der Waals surface area contributed by atoms with Crippen LogP contribution in [0.3, 0.4) is 0 Å². The topological polar surface area (TPSA) is 17.1 Å². The number of hydrogen-bond acceptors (Lipinski definition) is 1. The molecule has 0 saturated heterocycles. The lowest BCUT2D eigenvalue weighted by molar-refractivity contribution is -0.143. The average molecular weight is 242 g/mol. The maximum Gasteiger partial charge on any atom is 0.389 e. The van der Waals surface area contributed by atoms with E-state index in [1.54, 1.807) is 0 Å². The Labute approximate surface area is 97.6 Å². The fourth-order valence-electron chi connectivity index (χ4n) is 2.07. The number of benzene rings is 1. The fraction of sp³-hybridized carbons (Fsp3) is 0.462. The average Bonchev–Trinajstić information content (AvgIpc) is 3.06. The van der Waals surface area contributed by atoms with Gasteiger partial charge in [-0.1, -0.05) is 30.3 Å². The molecular formula is C13H13F3O. The highest BCUT2D eigenvalue weighted by Gasteiger charge is 2.44. The van der Waals surface area contributed by atoms with E-state index in [2.05, 4.69) is 0 Å². The summed E-state index contributed by atoms with van der Waals surface area (Å²) in [6, 6.07) is 9.48. The van der Waals surface area contributed by atoms with Crippen LogP contribution in [0.4, 0.5) is 13.2 Å². The Morgan fingerprint density at radius 2 is 1.88 bits per heavy atom. The molecule has 1 aliphatic carbocycles. The van der Waals surface area contributed by atoms with E-state index in [4.69, 9.17) is 0 Å². The molecule has 1 saturated carbocycles. The molecule has 1 fully saturated rings. The zero-order valence-corrected chi connectivity index (χ0v) is 9.20. The van der Waals surface area contributed by atoms with Crippen LogP contribution in [0, 0.1) is 5.92 Å². The van der Waals surface area contributed by atoms with Crippen molar-refractivity contribution in [1.82, 2.24) is 0 Å². The van der Waals surface area contributed by atoms with Crippen LogP contribution in [0.5, 0.6) is 0 Å². The van der Waals surface area contributed by atoms with E-state index < -0.39 is 12.6 Å². The van der Waals surface area contributed by atoms with E-state index in [0.29, 0.717) is 6.42 Å². The van der Waals surface area contributed by atoms with Crippen LogP contribution >= 0.6 is 0 Å². The molecule has 2 rings (SSSR count). The third-order valence-electron chi connectivity index (χ3n) is 3.09. The van der Waals surface area contributed by atoms with E-state index >= 15 is 0 Å². The lowest BCUT2D eigenvalue weighted by Gasteiger charge is -2.05. The van der Waals surface area contributed by atoms with E-state index in [1.165, 1.54) is 0 Å². The van der Waals surface area contributed by atoms with Crippen LogP contribution in [0.1, 0.15) is 30.7 Å². The maximum absolute atomic E-state index is 12.0. The summed E-state index contributed by atoms with van der Waals surface area (Å²) in [5, 5.41) is 0. The molecule has 0 bridgehead atoms. The Balaban J connectivity index is 1.85. The van der Waals surface area contributed by atoms with Gasteiger partial charge in [0.05, 0.1) is 6.42 Å². The van der Waals surface area contributed by atoms with Crippen LogP contribution < -0.4 is 0 Å². The van der Waals surface area contributed by atoms with Crippen molar-refractivity contribution in [1.29, 1.82) is 0 Å². The van der Waals surface area contributed by atoms with E-state index in [1.807, 2.05) is 30.3 Å². The van der Waals surface area contributed by atoms with E-state index in [9.17, 15) is 18.0 Å². The first-order valence-electron chi connectivity index (χ1n) is 5.62. The molecule has 0 heterocycles. The predicted octanol–water partition coefficient (Wildman–Crippen LogP) is 3.70. The molecule has 0 spiro atoms. The number of alkyl halides is 3. The molecule has 0 aromatic heterocycles. The summed E-state index contributed by atoms with van der Waals surface area (Å²) in [5.74, 6) is -0.312. The Hall–Kier alpha value is -1.32. The summed E-state index contributed by atoms with van der Waals surface area (Å²) in [7, 11) is 0. The second-order valence-electron chi connectivity index (χ2n) is 4.44. The Morgan fingerprint density at radius 3 is 2.47 bits per heavy atom. The molecule has 1 aliphatic rings. The zero-order valence-electron chi connectivity index (χ0n) is 9.20. The fourth-order valence-corrected chi connectivity index (χ4v) is 2.07. The molecule has 1 nitrogen and oxygen atoms in total. The monoisotopic (exact) mass is 242 g/mol. The molecule has 2 unspecified atom stereocenters. The highest BCUT2D eigenvalue weighted by Crippen LogP contribution is 2.48. The third-order valence-corrected chi connectivity index (χ3v) is 3.09. The van der Waals surface area contributed by atoms with Gasteiger partial charge >= 0.3 is 6.18 Å². The first kappa shape index (κ1) is 12.1. The third kappa shape index (κ3) is 3.32. The number of carbonyl (C=O) groups is 1. The van der Waals surface area contributed by atoms with Gasteiger partial charge in [0.2, 0.25) is 0 Å². The first-order chi connectivity index (χ1) is 7.97. The molecule has 0 radical (unpaired) electrons. The minimum Gasteiger partial charge on any atom is -0.299 e. The van der Waals surface area contributed by atoms with Crippen molar-refractivity contribution >= 4 is 5.78 Å². The van der Waals surface area contributed by atoms with Gasteiger partial charge < -0.3 is 0 Å². The molecule has 4 heteroatoms. The molecule has 2 atom stereocenters. The largest absolute Gasteiger partial charge is 0.389 e. The van der Waals surface area contributed by atoms with Gasteiger partial charge in [0.15, 0.2) is 0 Å². The van der Waals surface area contributed by atoms with E-state index in [0.717, 1.165) is 5.56 Å². The summed E-state index contributed by atoms with van der Waals surface area (Å²) >= 11 is 0. The number of hydrogen-bond donors (Lipinski definition) is 0. The maximum atomic E-state index is 12.0. The van der Waals surface area contributed by atoms with Crippen molar-refractivity contribution < 1.29 is 18.0 Å². The quantitative estimate of drug-likeness (QED) is 0.786. The molecule has 92 valence electrons. The molecule has 1 aromatic carbocycles. The van der Waals surface area contributed by atoms with Crippen molar-refractivity contribution in [2.75, 3.05) is 0 Å². The van der Waals surface area contributed by atoms with E-state index in [-0.39, 0.29) is 24.0 Å². The van der Waals surface area contributed by atoms with Crippen LogP contribution in [-0.2, 0) is 4.79 Å². The summed E-state index contributed by atoms with van der Waals surface area (Å²) in [6.07, 6.45) is -4.91. The number of carbonyl (C=O) groups excluding carboxylic acids is 1. The molecular weight excluding hydrogens is 229 g/mol. The molecule has 0 N–H and O–H groups in total. The van der Waals surface area contributed by atoms with Crippen molar-refractivity contribution in [2.45, 2.75) is 31.4 Å². The van der Waals surface area contributed by atoms with Crippen molar-refractivity contribution in [3.05, 3.63) is 35.9 Å². The van der Waals surface area contributed by atoms with Crippen LogP contribution in [0.25, 0.3) is 0 Å². The van der Waals surface area contributed by atoms with Gasteiger partial charge in [0.25, 0.3) is 0 Å². The van der Waals surface area contributed by atoms with Crippen molar-refractivity contribution in [2.24, 2.45) is 5.92 Å². The van der Waals surface area contributed by atoms with Gasteiger partial charge in [-0.05, 0) is 17.9 Å². The van der Waals surface area contributed by atoms with Gasteiger partial charge in [-0.2, -0.15) is 13.2 Å². The van der Waals surface area contributed by atoms with Crippen molar-refractivity contribution in [3.8, 4) is 0 Å². The summed E-state index contributed by atoms with van der Waals surface area (Å²) in [6.45, 7) is 0. The van der Waals surface area contributed by atoms with Gasteiger partial charge in [-0.3, -0.25) is 4.79 Å². The van der Waals surface area contributed by atoms with Crippen LogP contribution in [0.2, 0.25) is 0 Å². The van der Waals surface area contributed by atoms with Gasteiger partial charge in [-0.25, -0.2) is 0 Å². The predicted molar refractivity (Wildman–Crippen MR) is 57.6 cm³/mol. The summed E-state index contributed by atoms with van der Waals surface area (Å²) in [5.41, 5.74) is 1.05. The second-order valence-corrected chi connectivity index (χ2v) is 4.44. The van der Waals surface area contributed by atoms with Crippen molar-refractivity contribution in [3.63, 3.8) is 0 Å². The molecule has 17 heavy (non-hydrogen) atoms. The lowest BCUT2D eigenvalue weighted by Crippen LogP contribution is -2.12. The number of halogens is 3. The Kier molecular flexibility index (Phi) is 3.22. The zero-order chi connectivity index (χ0) is 12.5. The minimum atomic E-state index is -4.23. The Morgan fingerprint density at radius 1 is 1.24 bits per heavy atom. The van der Waals surface area contributed by atoms with Crippen LogP contribution in [0.15, 0.2) is 30.3 Å². The van der Waals surface area contributed by atoms with Gasteiger partial charge in [0, 0.05) is 12.3 Å². The smallest absolute Gasteiger partial charge is 0.299 e. The minimum absolute atomic E-state index is 0.136. The standard InChI is InChI=1S/C13H13F3O/c14-13(15,16)7-6-12(17)11-8-10(11)9-4-2-1-3-5-9/h1-5,10-11H,6-8H2. The second kappa shape index (κ2) is 4.51. The highest BCUT2D eigenvalue weighted by atomic mass is 19.4. The molecule has 0 amide bonds. The first-order valence-corrected chi connectivity index (χ1v) is 5.62. The molecule has 0 aliphatic heterocycles. The number of Topliss-reactive ketones (excluding diaryl/α,β-unsaturated/α-hetero) is 1. The van der Waals surface area contributed by atoms with Gasteiger partial charge in [-0.15, -0.1) is 0 Å². The SMILES string of the molecule is O=C(CCC(F)(F)F)C1CC1c1ccccc1. The highest BCUT2D eigenvalue weighted by molar-refractivity contribution is 5.85. The normalized spacial score (nSPS) is 23.5. The number of ketones is 1. The lowest BCUT2D eigenvalue weighted by atomic mass is 10.1. The Bertz CT molecular complexity index is 397. The molecule has 1 aromatic rings.